The first kappa shape index (κ1) is 77.1. The Labute approximate surface area is 762 Å². The van der Waals surface area contributed by atoms with Crippen LogP contribution in [0, 0.1) is 0 Å². The van der Waals surface area contributed by atoms with Crippen molar-refractivity contribution in [1.29, 1.82) is 0 Å². The monoisotopic (exact) mass is 1690 g/mol. The van der Waals surface area contributed by atoms with Crippen molar-refractivity contribution in [2.75, 3.05) is 19.6 Å². The number of thiophene rings is 2. The van der Waals surface area contributed by atoms with Crippen molar-refractivity contribution in [2.45, 2.75) is 0 Å². The van der Waals surface area contributed by atoms with E-state index in [4.69, 9.17) is 0 Å². The van der Waals surface area contributed by atoms with E-state index >= 15 is 0 Å². The van der Waals surface area contributed by atoms with Crippen LogP contribution in [0.5, 0.6) is 0 Å². The molecule has 0 unspecified atom stereocenters. The topological polar surface area (TPSA) is 13.0 Å². The number of benzene rings is 23. The molecule has 0 N–H and O–H groups in total. The summed E-state index contributed by atoms with van der Waals surface area (Å²) in [5.74, 6) is 0. The Hall–Kier alpha value is -16.5. The van der Waals surface area contributed by atoms with Gasteiger partial charge in [0.2, 0.25) is 0 Å². The van der Waals surface area contributed by atoms with E-state index in [0.717, 1.165) is 79.4 Å². The van der Waals surface area contributed by atoms with Crippen LogP contribution in [-0.2, 0) is 0 Å². The SMILES string of the molecule is c1ccc(N(c2ccc(-c3ccc(N(c4ccc(-c5cccc6c5sc5ccccc56)cc4)c4ccc5c6ccccc6c6ccccc6c5c4)cc3)cc2)c2cccc3ccccc23)cc1.c1ccc(N(c2ccccc2)c2ccc(-c3ccc(N(c4ccc(-c5cccc6c5sc5ccccc56)cc4)c4ccc5c6ccccc6c6ccccc6c5c4)cc3)cc2)cc1. The number of nitrogens with zero attached hydrogens (tertiary/aromatic N) is 4. The molecule has 0 fully saturated rings. The van der Waals surface area contributed by atoms with Crippen molar-refractivity contribution in [2.24, 2.45) is 0 Å². The zero-order chi connectivity index (χ0) is 86.0. The van der Waals surface area contributed by atoms with Crippen molar-refractivity contribution < 1.29 is 0 Å². The molecular formula is C124H82N4S2. The molecule has 130 heavy (non-hydrogen) atoms. The molecule has 0 spiro atoms. The second kappa shape index (κ2) is 33.1. The molecule has 2 heterocycles. The predicted octanol–water partition coefficient (Wildman–Crippen LogP) is 36.7. The molecule has 23 aromatic carbocycles. The van der Waals surface area contributed by atoms with Crippen molar-refractivity contribution in [3.8, 4) is 44.5 Å². The quantitative estimate of drug-likeness (QED) is 0.0894. The van der Waals surface area contributed by atoms with E-state index in [2.05, 4.69) is 517 Å². The van der Waals surface area contributed by atoms with Gasteiger partial charge < -0.3 is 19.6 Å². The molecule has 4 nitrogen and oxygen atoms in total. The Morgan fingerprint density at radius 1 is 0.131 bits per heavy atom. The minimum Gasteiger partial charge on any atom is -0.311 e. The number of para-hydroxylation sites is 3. The van der Waals surface area contributed by atoms with Crippen molar-refractivity contribution in [3.63, 3.8) is 0 Å². The summed E-state index contributed by atoms with van der Waals surface area (Å²) in [6.07, 6.45) is 0. The fraction of sp³-hybridized carbons (Fsp3) is 0. The highest BCUT2D eigenvalue weighted by molar-refractivity contribution is 7.26. The molecule has 0 aliphatic carbocycles. The van der Waals surface area contributed by atoms with Gasteiger partial charge in [-0.15, -0.1) is 22.7 Å². The first-order valence-electron chi connectivity index (χ1n) is 44.4. The third-order valence-corrected chi connectivity index (χ3v) is 28.3. The van der Waals surface area contributed by atoms with Crippen LogP contribution in [0.3, 0.4) is 0 Å². The van der Waals surface area contributed by atoms with Crippen molar-refractivity contribution in [1.82, 2.24) is 0 Å². The number of rotatable bonds is 16. The average molecular weight is 1690 g/mol. The smallest absolute Gasteiger partial charge is 0.0540 e. The van der Waals surface area contributed by atoms with E-state index in [-0.39, 0.29) is 0 Å². The summed E-state index contributed by atoms with van der Waals surface area (Å²) in [5.41, 5.74) is 23.0. The van der Waals surface area contributed by atoms with Gasteiger partial charge in [-0.3, -0.25) is 0 Å². The largest absolute Gasteiger partial charge is 0.311 e. The molecule has 25 rings (SSSR count). The summed E-state index contributed by atoms with van der Waals surface area (Å²) in [6, 6.07) is 181. The molecule has 610 valence electrons. The molecule has 0 radical (unpaired) electrons. The summed E-state index contributed by atoms with van der Waals surface area (Å²) >= 11 is 3.75. The summed E-state index contributed by atoms with van der Waals surface area (Å²) in [5, 5.41) is 22.9. The Kier molecular flexibility index (Phi) is 19.7. The second-order valence-corrected chi connectivity index (χ2v) is 35.4. The predicted molar refractivity (Wildman–Crippen MR) is 562 cm³/mol. The van der Waals surface area contributed by atoms with E-state index in [1.807, 2.05) is 22.7 Å². The van der Waals surface area contributed by atoms with Crippen molar-refractivity contribution >= 4 is 207 Å². The number of hydrogen-bond acceptors (Lipinski definition) is 6. The first-order chi connectivity index (χ1) is 64.5. The van der Waals surface area contributed by atoms with E-state index < -0.39 is 0 Å². The van der Waals surface area contributed by atoms with Gasteiger partial charge in [0.05, 0.1) is 5.69 Å². The lowest BCUT2D eigenvalue weighted by Crippen LogP contribution is -2.10. The van der Waals surface area contributed by atoms with Crippen LogP contribution in [0.25, 0.3) is 160 Å². The van der Waals surface area contributed by atoms with Crippen LogP contribution in [0.15, 0.2) is 497 Å². The summed E-state index contributed by atoms with van der Waals surface area (Å²) in [6.45, 7) is 0. The maximum atomic E-state index is 2.40. The van der Waals surface area contributed by atoms with Crippen LogP contribution >= 0.6 is 22.7 Å². The van der Waals surface area contributed by atoms with Crippen LogP contribution < -0.4 is 19.6 Å². The van der Waals surface area contributed by atoms with Gasteiger partial charge >= 0.3 is 0 Å². The lowest BCUT2D eigenvalue weighted by atomic mass is 9.94. The van der Waals surface area contributed by atoms with Gasteiger partial charge in [-0.05, 0) is 266 Å². The lowest BCUT2D eigenvalue weighted by molar-refractivity contribution is 1.28. The highest BCUT2D eigenvalue weighted by Gasteiger charge is 2.24. The van der Waals surface area contributed by atoms with Crippen LogP contribution in [-0.4, -0.2) is 0 Å². The first-order valence-corrected chi connectivity index (χ1v) is 46.0. The maximum absolute atomic E-state index is 2.40. The molecule has 0 saturated heterocycles. The molecular weight excluding hydrogens is 1610 g/mol. The summed E-state index contributed by atoms with van der Waals surface area (Å²) in [4.78, 5) is 9.46. The highest BCUT2D eigenvalue weighted by atomic mass is 32.1. The van der Waals surface area contributed by atoms with E-state index in [0.29, 0.717) is 0 Å². The van der Waals surface area contributed by atoms with Crippen molar-refractivity contribution in [3.05, 3.63) is 497 Å². The van der Waals surface area contributed by atoms with Gasteiger partial charge in [0.15, 0.2) is 0 Å². The fourth-order valence-corrected chi connectivity index (χ4v) is 22.2. The maximum Gasteiger partial charge on any atom is 0.0540 e. The van der Waals surface area contributed by atoms with Gasteiger partial charge in [-0.25, -0.2) is 0 Å². The van der Waals surface area contributed by atoms with E-state index in [1.165, 1.54) is 149 Å². The zero-order valence-corrected chi connectivity index (χ0v) is 72.6. The standard InChI is InChI=1S/C64H42N2S.C60H40N2S/c1-2-16-47(17-3-1)66(62-26-12-15-45-14-4-5-18-52(45)62)50-36-30-44(31-37-50)43-28-34-48(35-29-43)65(51-40-41-58-56-21-7-6-19-54(56)55-20-8-9-22-57(55)61(58)42-51)49-38-32-46(33-39-49)53-24-13-25-60-59-23-10-11-27-63(59)67-64(53)60;1-3-14-44(15-4-1)61(45-16-5-2-6-17-45)46-32-26-41(27-33-46)42-28-34-47(35-29-42)62(49-38-39-55-53-20-8-7-18-51(53)52-19-9-10-21-54(52)58(55)40-49)48-36-30-43(31-37-48)50-23-13-24-57-56-22-11-12-25-59(56)63-60(50)57/h1-42H;1-40H. The number of hydrogen-bond donors (Lipinski definition) is 0. The van der Waals surface area contributed by atoms with Gasteiger partial charge in [-0.2, -0.15) is 0 Å². The van der Waals surface area contributed by atoms with Gasteiger partial charge in [0.25, 0.3) is 0 Å². The van der Waals surface area contributed by atoms with E-state index in [9.17, 15) is 0 Å². The molecule has 0 amide bonds. The molecule has 0 saturated carbocycles. The number of anilines is 12. The lowest BCUT2D eigenvalue weighted by Gasteiger charge is -2.27. The Morgan fingerprint density at radius 2 is 0.362 bits per heavy atom. The molecule has 6 heteroatoms. The molecule has 25 aromatic rings. The highest BCUT2D eigenvalue weighted by Crippen LogP contribution is 2.50. The van der Waals surface area contributed by atoms with Crippen LogP contribution in [0.2, 0.25) is 0 Å². The summed E-state index contributed by atoms with van der Waals surface area (Å²) in [7, 11) is 0. The normalized spacial score (nSPS) is 11.5. The molecule has 2 aromatic heterocycles. The second-order valence-electron chi connectivity index (χ2n) is 33.3. The van der Waals surface area contributed by atoms with Gasteiger partial charge in [-0.1, -0.05) is 346 Å². The Morgan fingerprint density at radius 3 is 0.715 bits per heavy atom. The average Bonchev–Trinajstić information content (AvgIpc) is 1.01. The minimum atomic E-state index is 1.09. The third kappa shape index (κ3) is 13.9. The molecule has 0 atom stereocenters. The zero-order valence-electron chi connectivity index (χ0n) is 70.9. The van der Waals surface area contributed by atoms with E-state index in [1.54, 1.807) is 0 Å². The van der Waals surface area contributed by atoms with Crippen LogP contribution in [0.4, 0.5) is 68.2 Å². The molecule has 0 bridgehead atoms. The molecule has 0 aliphatic heterocycles. The summed E-state index contributed by atoms with van der Waals surface area (Å²) < 4.78 is 5.29. The third-order valence-electron chi connectivity index (χ3n) is 25.9. The Balaban J connectivity index is 0.000000144. The number of fused-ring (bicyclic) bond motifs is 19. The molecule has 0 aliphatic rings. The minimum absolute atomic E-state index is 1.09. The van der Waals surface area contributed by atoms with Gasteiger partial charge in [0.1, 0.15) is 0 Å². The van der Waals surface area contributed by atoms with Crippen LogP contribution in [0.1, 0.15) is 0 Å². The van der Waals surface area contributed by atoms with Gasteiger partial charge in [0, 0.05) is 108 Å². The fourth-order valence-electron chi connectivity index (χ4n) is 19.7. The Bertz CT molecular complexity index is 8460.